The Morgan fingerprint density at radius 2 is 2.07 bits per heavy atom. The Labute approximate surface area is 169 Å². The van der Waals surface area contributed by atoms with Crippen LogP contribution in [0.25, 0.3) is 0 Å². The third kappa shape index (κ3) is 6.70. The SMILES string of the molecule is Cc1nc(CC(=O)NCc2cccc(NC(=O)CCN3CCOCC3)c2)cs1. The number of morpholine rings is 1. The summed E-state index contributed by atoms with van der Waals surface area (Å²) in [5.41, 5.74) is 2.48. The molecule has 150 valence electrons. The molecule has 2 amide bonds. The van der Waals surface area contributed by atoms with Crippen LogP contribution in [0.1, 0.15) is 22.7 Å². The second kappa shape index (κ2) is 10.3. The first kappa shape index (κ1) is 20.4. The minimum atomic E-state index is -0.0646. The third-order valence-electron chi connectivity index (χ3n) is 4.47. The van der Waals surface area contributed by atoms with Crippen molar-refractivity contribution in [2.24, 2.45) is 0 Å². The average molecular weight is 403 g/mol. The summed E-state index contributed by atoms with van der Waals surface area (Å²) in [4.78, 5) is 30.8. The number of nitrogens with one attached hydrogen (secondary N) is 2. The van der Waals surface area contributed by atoms with Gasteiger partial charge < -0.3 is 15.4 Å². The first-order valence-corrected chi connectivity index (χ1v) is 10.3. The summed E-state index contributed by atoms with van der Waals surface area (Å²) >= 11 is 1.54. The molecule has 1 aliphatic heterocycles. The molecule has 7 nitrogen and oxygen atoms in total. The minimum Gasteiger partial charge on any atom is -0.379 e. The summed E-state index contributed by atoms with van der Waals surface area (Å²) in [6.07, 6.45) is 0.732. The standard InChI is InChI=1S/C20H26N4O3S/c1-15-22-18(14-28-15)12-20(26)21-13-16-3-2-4-17(11-16)23-19(25)5-6-24-7-9-27-10-8-24/h2-4,11,14H,5-10,12-13H2,1H3,(H,21,26)(H,23,25). The van der Waals surface area contributed by atoms with Crippen molar-refractivity contribution in [3.63, 3.8) is 0 Å². The van der Waals surface area contributed by atoms with E-state index in [4.69, 9.17) is 4.74 Å². The quantitative estimate of drug-likeness (QED) is 0.705. The number of benzene rings is 1. The van der Waals surface area contributed by atoms with E-state index in [1.54, 1.807) is 11.3 Å². The maximum absolute atomic E-state index is 12.2. The van der Waals surface area contributed by atoms with Gasteiger partial charge in [0.1, 0.15) is 0 Å². The zero-order chi connectivity index (χ0) is 19.8. The van der Waals surface area contributed by atoms with Crippen molar-refractivity contribution in [3.05, 3.63) is 45.9 Å². The molecule has 0 bridgehead atoms. The molecule has 0 aliphatic carbocycles. The average Bonchev–Trinajstić information content (AvgIpc) is 3.10. The zero-order valence-corrected chi connectivity index (χ0v) is 16.9. The van der Waals surface area contributed by atoms with E-state index in [1.165, 1.54) is 0 Å². The fourth-order valence-corrected chi connectivity index (χ4v) is 3.60. The summed E-state index contributed by atoms with van der Waals surface area (Å²) in [5.74, 6) is -0.0724. The summed E-state index contributed by atoms with van der Waals surface area (Å²) < 4.78 is 5.31. The fraction of sp³-hybridized carbons (Fsp3) is 0.450. The Balaban J connectivity index is 1.42. The van der Waals surface area contributed by atoms with E-state index in [9.17, 15) is 9.59 Å². The van der Waals surface area contributed by atoms with Crippen LogP contribution < -0.4 is 10.6 Å². The van der Waals surface area contributed by atoms with Crippen LogP contribution in [0.3, 0.4) is 0 Å². The van der Waals surface area contributed by atoms with Gasteiger partial charge in [-0.2, -0.15) is 0 Å². The van der Waals surface area contributed by atoms with E-state index in [2.05, 4.69) is 20.5 Å². The molecular weight excluding hydrogens is 376 g/mol. The monoisotopic (exact) mass is 402 g/mol. The molecule has 2 N–H and O–H groups in total. The molecule has 2 heterocycles. The lowest BCUT2D eigenvalue weighted by atomic mass is 10.2. The van der Waals surface area contributed by atoms with Gasteiger partial charge in [0.25, 0.3) is 0 Å². The van der Waals surface area contributed by atoms with Gasteiger partial charge in [-0.15, -0.1) is 11.3 Å². The molecule has 1 aliphatic rings. The maximum Gasteiger partial charge on any atom is 0.226 e. The van der Waals surface area contributed by atoms with Gasteiger partial charge in [-0.1, -0.05) is 12.1 Å². The molecule has 1 fully saturated rings. The summed E-state index contributed by atoms with van der Waals surface area (Å²) in [5, 5.41) is 8.70. The number of aryl methyl sites for hydroxylation is 1. The number of ether oxygens (including phenoxy) is 1. The summed E-state index contributed by atoms with van der Waals surface area (Å²) in [7, 11) is 0. The molecule has 1 aromatic carbocycles. The zero-order valence-electron chi connectivity index (χ0n) is 16.1. The van der Waals surface area contributed by atoms with Crippen LogP contribution in [0, 0.1) is 6.92 Å². The molecule has 0 radical (unpaired) electrons. The van der Waals surface area contributed by atoms with Crippen LogP contribution in [0.15, 0.2) is 29.6 Å². The van der Waals surface area contributed by atoms with Crippen molar-refractivity contribution in [1.82, 2.24) is 15.2 Å². The number of nitrogens with zero attached hydrogens (tertiary/aromatic N) is 2. The molecular formula is C20H26N4O3S. The van der Waals surface area contributed by atoms with Crippen molar-refractivity contribution in [1.29, 1.82) is 0 Å². The van der Waals surface area contributed by atoms with Crippen LogP contribution in [-0.2, 0) is 27.3 Å². The van der Waals surface area contributed by atoms with Gasteiger partial charge in [-0.05, 0) is 24.6 Å². The molecule has 3 rings (SSSR count). The number of rotatable bonds is 8. The van der Waals surface area contributed by atoms with E-state index < -0.39 is 0 Å². The molecule has 0 unspecified atom stereocenters. The van der Waals surface area contributed by atoms with Gasteiger partial charge in [0.2, 0.25) is 11.8 Å². The Kier molecular flexibility index (Phi) is 7.53. The van der Waals surface area contributed by atoms with Crippen LogP contribution in [0.5, 0.6) is 0 Å². The van der Waals surface area contributed by atoms with Crippen LogP contribution >= 0.6 is 11.3 Å². The lowest BCUT2D eigenvalue weighted by molar-refractivity contribution is -0.120. The molecule has 1 saturated heterocycles. The summed E-state index contributed by atoms with van der Waals surface area (Å²) in [6, 6.07) is 7.55. The van der Waals surface area contributed by atoms with Gasteiger partial charge in [-0.25, -0.2) is 4.98 Å². The molecule has 0 spiro atoms. The molecule has 1 aromatic heterocycles. The Morgan fingerprint density at radius 3 is 2.82 bits per heavy atom. The second-order valence-electron chi connectivity index (χ2n) is 6.76. The van der Waals surface area contributed by atoms with E-state index >= 15 is 0 Å². The molecule has 0 atom stereocenters. The number of hydrogen-bond acceptors (Lipinski definition) is 6. The number of amides is 2. The molecule has 8 heteroatoms. The van der Waals surface area contributed by atoms with Gasteiger partial charge in [0.05, 0.1) is 30.3 Å². The van der Waals surface area contributed by atoms with Gasteiger partial charge in [-0.3, -0.25) is 14.5 Å². The molecule has 2 aromatic rings. The van der Waals surface area contributed by atoms with Crippen molar-refractivity contribution in [2.45, 2.75) is 26.3 Å². The Morgan fingerprint density at radius 1 is 1.25 bits per heavy atom. The smallest absolute Gasteiger partial charge is 0.226 e. The first-order valence-electron chi connectivity index (χ1n) is 9.45. The van der Waals surface area contributed by atoms with Crippen molar-refractivity contribution < 1.29 is 14.3 Å². The minimum absolute atomic E-state index is 0.00780. The van der Waals surface area contributed by atoms with Crippen molar-refractivity contribution >= 4 is 28.8 Å². The third-order valence-corrected chi connectivity index (χ3v) is 5.29. The predicted octanol–water partition coefficient (Wildman–Crippen LogP) is 1.97. The summed E-state index contributed by atoms with van der Waals surface area (Å²) in [6.45, 7) is 6.30. The fourth-order valence-electron chi connectivity index (χ4n) is 2.98. The normalized spacial score (nSPS) is 14.6. The topological polar surface area (TPSA) is 83.6 Å². The van der Waals surface area contributed by atoms with Crippen LogP contribution in [0.2, 0.25) is 0 Å². The van der Waals surface area contributed by atoms with Gasteiger partial charge in [0, 0.05) is 43.7 Å². The Bertz CT molecular complexity index is 802. The molecule has 28 heavy (non-hydrogen) atoms. The first-order chi connectivity index (χ1) is 13.6. The van der Waals surface area contributed by atoms with E-state index in [0.717, 1.165) is 54.8 Å². The number of thiazole rings is 1. The Hall–Kier alpha value is -2.29. The van der Waals surface area contributed by atoms with Crippen molar-refractivity contribution in [3.8, 4) is 0 Å². The maximum atomic E-state index is 12.2. The highest BCUT2D eigenvalue weighted by Crippen LogP contribution is 2.12. The van der Waals surface area contributed by atoms with Crippen LogP contribution in [0.4, 0.5) is 5.69 Å². The van der Waals surface area contributed by atoms with E-state index in [-0.39, 0.29) is 18.2 Å². The number of hydrogen-bond donors (Lipinski definition) is 2. The highest BCUT2D eigenvalue weighted by molar-refractivity contribution is 7.09. The second-order valence-corrected chi connectivity index (χ2v) is 7.83. The number of carbonyl (C=O) groups excluding carboxylic acids is 2. The number of carbonyl (C=O) groups is 2. The number of aromatic nitrogens is 1. The molecule has 0 saturated carbocycles. The highest BCUT2D eigenvalue weighted by atomic mass is 32.1. The van der Waals surface area contributed by atoms with Crippen LogP contribution in [-0.4, -0.2) is 54.5 Å². The van der Waals surface area contributed by atoms with Gasteiger partial charge in [0.15, 0.2) is 0 Å². The van der Waals surface area contributed by atoms with E-state index in [0.29, 0.717) is 13.0 Å². The highest BCUT2D eigenvalue weighted by Gasteiger charge is 2.12. The van der Waals surface area contributed by atoms with Crippen molar-refractivity contribution in [2.75, 3.05) is 38.2 Å². The van der Waals surface area contributed by atoms with Gasteiger partial charge >= 0.3 is 0 Å². The largest absolute Gasteiger partial charge is 0.379 e. The lowest BCUT2D eigenvalue weighted by Crippen LogP contribution is -2.38. The lowest BCUT2D eigenvalue weighted by Gasteiger charge is -2.26. The predicted molar refractivity (Wildman–Crippen MR) is 109 cm³/mol. The van der Waals surface area contributed by atoms with E-state index in [1.807, 2.05) is 36.6 Å². The number of anilines is 1.